The number of fused-ring (bicyclic) bond motifs is 1. The van der Waals surface area contributed by atoms with Gasteiger partial charge in [-0.15, -0.1) is 11.3 Å². The first-order chi connectivity index (χ1) is 17.9. The van der Waals surface area contributed by atoms with Crippen molar-refractivity contribution in [1.82, 2.24) is 24.8 Å². The van der Waals surface area contributed by atoms with E-state index in [2.05, 4.69) is 49.6 Å². The molecule has 0 aliphatic heterocycles. The highest BCUT2D eigenvalue weighted by Crippen LogP contribution is 2.43. The number of imidazole rings is 1. The van der Waals surface area contributed by atoms with Crippen LogP contribution in [-0.2, 0) is 16.9 Å². The Morgan fingerprint density at radius 2 is 2.03 bits per heavy atom. The Balaban J connectivity index is 1.51. The standard InChI is InChI=1S/C27H27ClN6O2S/c1-17-14-27(36,15-20(17)26(35)29-2)34-16-31-23-24(30-13-12-18-6-4-3-5-7-18)32-22(33-25(23)34)11-9-19-8-10-21(28)37-19/h3-8,10,16-17,20,36H,12-15H2,1-2H3,(H,29,35)(H,30,32,33)/t17-,20-,27-/m1/s1. The molecule has 0 bridgehead atoms. The fraction of sp³-hybridized carbons (Fsp3) is 0.333. The fourth-order valence-corrected chi connectivity index (χ4v) is 5.78. The number of carbonyl (C=O) groups is 1. The van der Waals surface area contributed by atoms with E-state index in [9.17, 15) is 9.90 Å². The van der Waals surface area contributed by atoms with Crippen LogP contribution in [-0.4, -0.2) is 44.1 Å². The molecule has 37 heavy (non-hydrogen) atoms. The summed E-state index contributed by atoms with van der Waals surface area (Å²) in [6, 6.07) is 13.8. The van der Waals surface area contributed by atoms with Crippen molar-refractivity contribution in [3.8, 4) is 11.8 Å². The number of nitrogens with zero attached hydrogens (tertiary/aromatic N) is 4. The summed E-state index contributed by atoms with van der Waals surface area (Å²) < 4.78 is 2.32. The van der Waals surface area contributed by atoms with E-state index in [1.807, 2.05) is 31.2 Å². The number of aromatic nitrogens is 4. The number of benzene rings is 1. The Hall–Kier alpha value is -3.45. The lowest BCUT2D eigenvalue weighted by molar-refractivity contribution is -0.126. The van der Waals surface area contributed by atoms with Crippen molar-refractivity contribution in [3.05, 3.63) is 69.4 Å². The third-order valence-corrected chi connectivity index (χ3v) is 7.88. The molecule has 1 aliphatic rings. The number of amides is 1. The smallest absolute Gasteiger partial charge is 0.223 e. The lowest BCUT2D eigenvalue weighted by Crippen LogP contribution is -2.33. The molecule has 8 nitrogen and oxygen atoms in total. The maximum atomic E-state index is 12.4. The van der Waals surface area contributed by atoms with Crippen LogP contribution in [0.5, 0.6) is 0 Å². The van der Waals surface area contributed by atoms with Gasteiger partial charge in [-0.25, -0.2) is 15.0 Å². The van der Waals surface area contributed by atoms with E-state index in [0.717, 1.165) is 11.3 Å². The molecule has 0 unspecified atom stereocenters. The van der Waals surface area contributed by atoms with Gasteiger partial charge in [-0.1, -0.05) is 48.9 Å². The third-order valence-electron chi connectivity index (χ3n) is 6.73. The molecule has 190 valence electrons. The van der Waals surface area contributed by atoms with Crippen molar-refractivity contribution in [2.45, 2.75) is 31.9 Å². The molecule has 0 radical (unpaired) electrons. The Morgan fingerprint density at radius 3 is 2.76 bits per heavy atom. The van der Waals surface area contributed by atoms with E-state index < -0.39 is 5.72 Å². The van der Waals surface area contributed by atoms with Gasteiger partial charge in [0.25, 0.3) is 0 Å². The molecule has 3 heterocycles. The highest BCUT2D eigenvalue weighted by molar-refractivity contribution is 7.16. The fourth-order valence-electron chi connectivity index (χ4n) is 4.88. The molecule has 3 N–H and O–H groups in total. The van der Waals surface area contributed by atoms with Crippen molar-refractivity contribution < 1.29 is 9.90 Å². The van der Waals surface area contributed by atoms with E-state index >= 15 is 0 Å². The van der Waals surface area contributed by atoms with Gasteiger partial charge in [0.1, 0.15) is 5.72 Å². The van der Waals surface area contributed by atoms with Crippen molar-refractivity contribution >= 4 is 45.8 Å². The predicted molar refractivity (Wildman–Crippen MR) is 145 cm³/mol. The van der Waals surface area contributed by atoms with Crippen molar-refractivity contribution in [2.75, 3.05) is 18.9 Å². The zero-order valence-electron chi connectivity index (χ0n) is 20.5. The first kappa shape index (κ1) is 25.2. The summed E-state index contributed by atoms with van der Waals surface area (Å²) in [5.41, 5.74) is 0.919. The largest absolute Gasteiger partial charge is 0.370 e. The molecule has 4 aromatic rings. The van der Waals surface area contributed by atoms with Gasteiger partial charge in [-0.3, -0.25) is 9.36 Å². The number of thiophene rings is 1. The molecule has 3 aromatic heterocycles. The van der Waals surface area contributed by atoms with E-state index in [1.165, 1.54) is 16.9 Å². The first-order valence-corrected chi connectivity index (χ1v) is 13.3. The second kappa shape index (κ2) is 10.5. The summed E-state index contributed by atoms with van der Waals surface area (Å²) in [6.07, 6.45) is 3.06. The summed E-state index contributed by atoms with van der Waals surface area (Å²) in [7, 11) is 1.62. The molecule has 5 rings (SSSR count). The van der Waals surface area contributed by atoms with Crippen LogP contribution in [0, 0.1) is 23.7 Å². The van der Waals surface area contributed by atoms with Gasteiger partial charge in [0.05, 0.1) is 15.5 Å². The summed E-state index contributed by atoms with van der Waals surface area (Å²) in [5.74, 6) is 6.57. The first-order valence-electron chi connectivity index (χ1n) is 12.1. The number of nitrogens with one attached hydrogen (secondary N) is 2. The maximum absolute atomic E-state index is 12.4. The van der Waals surface area contributed by atoms with Crippen molar-refractivity contribution in [3.63, 3.8) is 0 Å². The van der Waals surface area contributed by atoms with Crippen LogP contribution >= 0.6 is 22.9 Å². The van der Waals surface area contributed by atoms with Crippen LogP contribution < -0.4 is 10.6 Å². The normalized spacial score (nSPS) is 21.0. The zero-order chi connectivity index (χ0) is 26.0. The molecule has 1 aromatic carbocycles. The second-order valence-electron chi connectivity index (χ2n) is 9.29. The minimum atomic E-state index is -1.30. The molecule has 3 atom stereocenters. The van der Waals surface area contributed by atoms with Crippen molar-refractivity contribution in [2.24, 2.45) is 11.8 Å². The van der Waals surface area contributed by atoms with Gasteiger partial charge in [0, 0.05) is 25.9 Å². The van der Waals surface area contributed by atoms with Gasteiger partial charge in [0.15, 0.2) is 17.0 Å². The topological polar surface area (TPSA) is 105 Å². The lowest BCUT2D eigenvalue weighted by Gasteiger charge is -2.25. The molecule has 10 heteroatoms. The average Bonchev–Trinajstić information content (AvgIpc) is 3.60. The Bertz CT molecular complexity index is 1490. The second-order valence-corrected chi connectivity index (χ2v) is 11.0. The van der Waals surface area contributed by atoms with Gasteiger partial charge < -0.3 is 15.7 Å². The molecule has 1 saturated carbocycles. The molecule has 1 fully saturated rings. The minimum absolute atomic E-state index is 0.00413. The van der Waals surface area contributed by atoms with Gasteiger partial charge >= 0.3 is 0 Å². The Kier molecular flexibility index (Phi) is 7.15. The van der Waals surface area contributed by atoms with E-state index in [4.69, 9.17) is 11.6 Å². The number of aliphatic hydroxyl groups is 1. The summed E-state index contributed by atoms with van der Waals surface area (Å²) >= 11 is 7.43. The average molecular weight is 535 g/mol. The molecular formula is C27H27ClN6O2S. The van der Waals surface area contributed by atoms with Crippen LogP contribution in [0.1, 0.15) is 36.0 Å². The number of anilines is 1. The number of halogens is 1. The number of hydrogen-bond donors (Lipinski definition) is 3. The van der Waals surface area contributed by atoms with Crippen molar-refractivity contribution in [1.29, 1.82) is 0 Å². The van der Waals surface area contributed by atoms with E-state index in [0.29, 0.717) is 40.1 Å². The van der Waals surface area contributed by atoms with Crippen LogP contribution in [0.25, 0.3) is 11.2 Å². The molecule has 1 amide bonds. The minimum Gasteiger partial charge on any atom is -0.370 e. The Labute approximate surface area is 224 Å². The highest BCUT2D eigenvalue weighted by atomic mass is 35.5. The van der Waals surface area contributed by atoms with Crippen LogP contribution in [0.4, 0.5) is 5.82 Å². The lowest BCUT2D eigenvalue weighted by atomic mass is 9.97. The third kappa shape index (κ3) is 5.32. The highest BCUT2D eigenvalue weighted by Gasteiger charge is 2.47. The molecular weight excluding hydrogens is 508 g/mol. The quantitative estimate of drug-likeness (QED) is 0.323. The zero-order valence-corrected chi connectivity index (χ0v) is 22.1. The van der Waals surface area contributed by atoms with E-state index in [1.54, 1.807) is 24.0 Å². The molecule has 1 aliphatic carbocycles. The number of carbonyl (C=O) groups excluding carboxylic acids is 1. The van der Waals surface area contributed by atoms with Crippen LogP contribution in [0.3, 0.4) is 0 Å². The molecule has 0 spiro atoms. The monoisotopic (exact) mass is 534 g/mol. The SMILES string of the molecule is CNC(=O)[C@@H]1C[C@@](O)(n2cnc3c(NCCc4ccccc4)nc(C#Cc4ccc(Cl)s4)nc32)C[C@H]1C. The number of hydrogen-bond acceptors (Lipinski definition) is 7. The van der Waals surface area contributed by atoms with Crippen LogP contribution in [0.15, 0.2) is 48.8 Å². The number of rotatable bonds is 6. The summed E-state index contributed by atoms with van der Waals surface area (Å²) in [6.45, 7) is 2.61. The predicted octanol–water partition coefficient (Wildman–Crippen LogP) is 4.03. The van der Waals surface area contributed by atoms with E-state index in [-0.39, 0.29) is 24.2 Å². The summed E-state index contributed by atoms with van der Waals surface area (Å²) in [4.78, 5) is 27.1. The van der Waals surface area contributed by atoms with Gasteiger partial charge in [-0.2, -0.15) is 0 Å². The molecule has 0 saturated heterocycles. The van der Waals surface area contributed by atoms with Gasteiger partial charge in [0.2, 0.25) is 11.7 Å². The Morgan fingerprint density at radius 1 is 1.22 bits per heavy atom. The maximum Gasteiger partial charge on any atom is 0.223 e. The van der Waals surface area contributed by atoms with Gasteiger partial charge in [-0.05, 0) is 48.3 Å². The summed E-state index contributed by atoms with van der Waals surface area (Å²) in [5, 5.41) is 17.8. The van der Waals surface area contributed by atoms with Crippen LogP contribution in [0.2, 0.25) is 4.34 Å².